The van der Waals surface area contributed by atoms with Gasteiger partial charge in [0.2, 0.25) is 41.6 Å². The number of rotatable bonds is 4. The van der Waals surface area contributed by atoms with Crippen LogP contribution in [0.5, 0.6) is 0 Å². The van der Waals surface area contributed by atoms with Crippen LogP contribution in [0.3, 0.4) is 0 Å². The third kappa shape index (κ3) is 60.8. The van der Waals surface area contributed by atoms with Crippen LogP contribution in [0.4, 0.5) is 0 Å². The Hall–Kier alpha value is 0.283. The summed E-state index contributed by atoms with van der Waals surface area (Å²) in [6.07, 6.45) is 0. The first kappa shape index (κ1) is 43.6. The van der Waals surface area contributed by atoms with Gasteiger partial charge in [-0.1, -0.05) is 0 Å². The van der Waals surface area contributed by atoms with Gasteiger partial charge in [-0.05, 0) is 0 Å². The fourth-order valence-electron chi connectivity index (χ4n) is 0.204. The van der Waals surface area contributed by atoms with Crippen LogP contribution in [0.25, 0.3) is 0 Å². The van der Waals surface area contributed by atoms with Gasteiger partial charge in [0.05, 0.1) is 0 Å². The molecular formula is H8O18S4Zr. The molecule has 0 radical (unpaired) electrons. The van der Waals surface area contributed by atoms with Crippen molar-refractivity contribution in [3.05, 3.63) is 0 Å². The van der Waals surface area contributed by atoms with Crippen LogP contribution < -0.4 is 0 Å². The van der Waals surface area contributed by atoms with E-state index in [0.717, 1.165) is 0 Å². The minimum absolute atomic E-state index is 0. The molecule has 0 aromatic carbocycles. The molecule has 0 saturated carbocycles. The molecule has 0 aromatic rings. The van der Waals surface area contributed by atoms with Crippen molar-refractivity contribution in [2.24, 2.45) is 0 Å². The van der Waals surface area contributed by atoms with E-state index < -0.39 is 41.6 Å². The summed E-state index contributed by atoms with van der Waals surface area (Å²) in [5.41, 5.74) is 0. The van der Waals surface area contributed by atoms with Crippen molar-refractivity contribution in [3.8, 4) is 0 Å². The molecule has 0 fully saturated rings. The predicted molar refractivity (Wildman–Crippen MR) is 55.4 cm³/mol. The first-order valence-electron chi connectivity index (χ1n) is 2.67. The topological polar surface area (TPSA) is 373 Å². The summed E-state index contributed by atoms with van der Waals surface area (Å²) in [5, 5.41) is 0. The van der Waals surface area contributed by atoms with Gasteiger partial charge >= 0.3 is 26.2 Å². The monoisotopic (exact) mass is 514 g/mol. The summed E-state index contributed by atoms with van der Waals surface area (Å²) >= 11 is 0. The first-order valence-corrected chi connectivity index (χ1v) is 8.00. The quantitative estimate of drug-likeness (QED) is 0.248. The summed E-state index contributed by atoms with van der Waals surface area (Å²) in [7, 11) is -21.7. The molecule has 0 rings (SSSR count). The molecule has 0 spiro atoms. The maximum absolute atomic E-state index is 9.29. The van der Waals surface area contributed by atoms with E-state index in [0.29, 0.717) is 0 Å². The molecule has 0 amide bonds. The Labute approximate surface area is 148 Å². The zero-order valence-corrected chi connectivity index (χ0v) is 15.6. The Morgan fingerprint density at radius 3 is 0.522 bits per heavy atom. The Bertz CT molecular complexity index is 533. The number of hydrogen-bond donors (Lipinski definition) is 0. The second-order valence-corrected chi connectivity index (χ2v) is 6.12. The summed E-state index contributed by atoms with van der Waals surface area (Å²) in [4.78, 5) is 0. The molecule has 0 aliphatic rings. The largest absolute Gasteiger partial charge is 4.00 e. The van der Waals surface area contributed by atoms with Gasteiger partial charge in [-0.3, -0.25) is 0 Å². The van der Waals surface area contributed by atoms with Crippen LogP contribution in [-0.2, 0) is 75.1 Å². The third-order valence-electron chi connectivity index (χ3n) is 0.333. The minimum Gasteiger partial charge on any atom is -0.725 e. The van der Waals surface area contributed by atoms with E-state index in [2.05, 4.69) is 7.26 Å². The molecule has 23 heavy (non-hydrogen) atoms. The molecule has 0 saturated heterocycles. The molecule has 8 N–H and O–H groups in total. The van der Waals surface area contributed by atoms with Crippen molar-refractivity contribution in [1.29, 1.82) is 0 Å². The van der Waals surface area contributed by atoms with Crippen molar-refractivity contribution in [2.75, 3.05) is 0 Å². The average Bonchev–Trinajstić information content (AvgIpc) is 1.64. The van der Waals surface area contributed by atoms with E-state index in [4.69, 9.17) is 0 Å². The molecular weight excluding hydrogens is 507 g/mol. The van der Waals surface area contributed by atoms with Crippen molar-refractivity contribution in [2.45, 2.75) is 0 Å². The van der Waals surface area contributed by atoms with Crippen LogP contribution in [0.2, 0.25) is 0 Å². The predicted octanol–water partition coefficient (Wildman–Crippen LogP) is -7.45. The van der Waals surface area contributed by atoms with Crippen LogP contribution in [0, 0.1) is 0 Å². The van der Waals surface area contributed by atoms with E-state index in [1.165, 1.54) is 0 Å². The number of hydrogen-bond acceptors (Lipinski definition) is 14. The fraction of sp³-hybridized carbons (Fsp3) is 0. The molecule has 0 aliphatic heterocycles. The fourth-order valence-corrected chi connectivity index (χ4v) is 1.84. The summed E-state index contributed by atoms with van der Waals surface area (Å²) in [5.74, 6) is 0. The minimum atomic E-state index is -5.43. The summed E-state index contributed by atoms with van der Waals surface area (Å²) < 4.78 is 116. The zero-order valence-electron chi connectivity index (χ0n) is 9.85. The van der Waals surface area contributed by atoms with Gasteiger partial charge in [0.25, 0.3) is 0 Å². The van der Waals surface area contributed by atoms with Gasteiger partial charge in [-0.15, -0.1) is 0 Å². The van der Waals surface area contributed by atoms with Gasteiger partial charge in [0.15, 0.2) is 0 Å². The molecule has 23 heteroatoms. The molecule has 18 nitrogen and oxygen atoms in total. The standard InChI is InChI=1S/2H2O7S2.4H2O.Zr/c2*1-8(2,3)7-9(4,5)6;;;;;/h2*(H,1,2,3)(H,4,5,6);4*1H2;/q;;;;;;+4/p-4. The third-order valence-corrected chi connectivity index (χ3v) is 3.00. The van der Waals surface area contributed by atoms with Crippen LogP contribution >= 0.6 is 0 Å². The smallest absolute Gasteiger partial charge is 0.725 e. The van der Waals surface area contributed by atoms with Gasteiger partial charge in [-0.25, -0.2) is 33.7 Å². The van der Waals surface area contributed by atoms with Gasteiger partial charge in [-0.2, -0.15) is 7.26 Å². The maximum Gasteiger partial charge on any atom is 4.00 e. The van der Waals surface area contributed by atoms with Gasteiger partial charge in [0.1, 0.15) is 0 Å². The maximum atomic E-state index is 9.29. The van der Waals surface area contributed by atoms with E-state index >= 15 is 0 Å². The Balaban J connectivity index is -0.0000000366. The van der Waals surface area contributed by atoms with E-state index in [1.54, 1.807) is 0 Å². The van der Waals surface area contributed by atoms with E-state index in [1.807, 2.05) is 0 Å². The normalized spacial score (nSPS) is 10.6. The molecule has 0 unspecified atom stereocenters. The molecule has 0 aliphatic carbocycles. The van der Waals surface area contributed by atoms with Crippen LogP contribution in [0.1, 0.15) is 0 Å². The van der Waals surface area contributed by atoms with E-state index in [-0.39, 0.29) is 48.1 Å². The molecule has 0 atom stereocenters. The Morgan fingerprint density at radius 1 is 0.435 bits per heavy atom. The van der Waals surface area contributed by atoms with Gasteiger partial charge in [0, 0.05) is 0 Å². The molecule has 144 valence electrons. The first-order chi connectivity index (χ1) is 7.41. The Morgan fingerprint density at radius 2 is 0.522 bits per heavy atom. The van der Waals surface area contributed by atoms with Crippen LogP contribution in [-0.4, -0.2) is 73.8 Å². The molecule has 0 heterocycles. The molecule has 0 bridgehead atoms. The Kier molecular flexibility index (Phi) is 27.7. The molecule has 0 aromatic heterocycles. The van der Waals surface area contributed by atoms with Crippen LogP contribution in [0.15, 0.2) is 0 Å². The summed E-state index contributed by atoms with van der Waals surface area (Å²) in [6, 6.07) is 0. The zero-order chi connectivity index (χ0) is 15.4. The summed E-state index contributed by atoms with van der Waals surface area (Å²) in [6.45, 7) is 0. The van der Waals surface area contributed by atoms with Gasteiger partial charge < -0.3 is 40.1 Å². The van der Waals surface area contributed by atoms with Crippen molar-refractivity contribution < 1.29 is 107 Å². The average molecular weight is 516 g/mol. The van der Waals surface area contributed by atoms with E-state index in [9.17, 15) is 51.9 Å². The second kappa shape index (κ2) is 14.6. The van der Waals surface area contributed by atoms with Crippen molar-refractivity contribution >= 4 is 41.6 Å². The van der Waals surface area contributed by atoms with Crippen molar-refractivity contribution in [3.63, 3.8) is 0 Å². The van der Waals surface area contributed by atoms with Crippen molar-refractivity contribution in [1.82, 2.24) is 0 Å². The SMILES string of the molecule is O.O.O.O.O=S(=O)([O-])OS(=O)(=O)[O-].O=S(=O)([O-])OS(=O)(=O)[O-].[Zr+4]. The second-order valence-electron chi connectivity index (χ2n) is 1.77.